The van der Waals surface area contributed by atoms with Crippen LogP contribution in [-0.4, -0.2) is 33.3 Å². The molecule has 0 N–H and O–H groups in total. The highest BCUT2D eigenvalue weighted by Gasteiger charge is 2.24. The number of ketones is 1. The van der Waals surface area contributed by atoms with Gasteiger partial charge in [0.1, 0.15) is 0 Å². The monoisotopic (exact) mass is 422 g/mol. The Labute approximate surface area is 180 Å². The Morgan fingerprint density at radius 1 is 1.23 bits per heavy atom. The van der Waals surface area contributed by atoms with E-state index in [1.54, 1.807) is 10.6 Å². The second-order valence-electron chi connectivity index (χ2n) is 7.89. The zero-order valence-corrected chi connectivity index (χ0v) is 18.4. The van der Waals surface area contributed by atoms with Gasteiger partial charge in [-0.05, 0) is 62.9 Å². The Morgan fingerprint density at radius 2 is 2.03 bits per heavy atom. The molecule has 3 aromatic rings. The lowest BCUT2D eigenvalue weighted by Crippen LogP contribution is -2.29. The maximum Gasteiger partial charge on any atom is 0.262 e. The summed E-state index contributed by atoms with van der Waals surface area (Å²) in [6, 6.07) is 13.1. The molecule has 1 fully saturated rings. The molecule has 4 rings (SSSR count). The molecule has 0 aliphatic carbocycles. The van der Waals surface area contributed by atoms with E-state index in [2.05, 4.69) is 0 Å². The summed E-state index contributed by atoms with van der Waals surface area (Å²) in [5.41, 5.74) is 3.52. The molecule has 1 aromatic heterocycles. The summed E-state index contributed by atoms with van der Waals surface area (Å²) in [4.78, 5) is 31.0. The van der Waals surface area contributed by atoms with Crippen LogP contribution in [0.25, 0.3) is 10.9 Å². The number of ether oxygens (including phenoxy) is 1. The maximum absolute atomic E-state index is 13.2. The van der Waals surface area contributed by atoms with Crippen molar-refractivity contribution in [2.75, 3.05) is 6.61 Å². The smallest absolute Gasteiger partial charge is 0.262 e. The number of benzene rings is 2. The standard InChI is InChI=1S/C24H26N2O3S/c1-15-10-11-18(13-16(15)2)22(27)17(3)30-24-25-21-9-5-4-8-20(21)23(28)26(24)14-19-7-6-12-29-19/h4-5,8-11,13,17,19H,6-7,12,14H2,1-3H3. The molecule has 2 heterocycles. The Kier molecular flexibility index (Phi) is 6.06. The third kappa shape index (κ3) is 4.20. The van der Waals surface area contributed by atoms with Gasteiger partial charge in [0.25, 0.3) is 5.56 Å². The highest BCUT2D eigenvalue weighted by Crippen LogP contribution is 2.27. The molecular weight excluding hydrogens is 396 g/mol. The van der Waals surface area contributed by atoms with Gasteiger partial charge in [0.05, 0.1) is 28.8 Å². The number of thioether (sulfide) groups is 1. The summed E-state index contributed by atoms with van der Waals surface area (Å²) in [5, 5.41) is 0.794. The Bertz CT molecular complexity index is 1150. The molecule has 1 aliphatic rings. The van der Waals surface area contributed by atoms with Crippen LogP contribution in [0.2, 0.25) is 0 Å². The molecule has 2 aromatic carbocycles. The number of aryl methyl sites for hydroxylation is 2. The number of aromatic nitrogens is 2. The molecule has 0 amide bonds. The summed E-state index contributed by atoms with van der Waals surface area (Å²) in [6.07, 6.45) is 1.95. The van der Waals surface area contributed by atoms with Crippen molar-refractivity contribution >= 4 is 28.4 Å². The van der Waals surface area contributed by atoms with Gasteiger partial charge in [0, 0.05) is 12.2 Å². The van der Waals surface area contributed by atoms with Gasteiger partial charge in [0.15, 0.2) is 10.9 Å². The lowest BCUT2D eigenvalue weighted by atomic mass is 10.0. The van der Waals surface area contributed by atoms with E-state index >= 15 is 0 Å². The summed E-state index contributed by atoms with van der Waals surface area (Å²) < 4.78 is 7.45. The van der Waals surface area contributed by atoms with E-state index in [1.165, 1.54) is 11.8 Å². The van der Waals surface area contributed by atoms with Gasteiger partial charge in [-0.25, -0.2) is 4.98 Å². The van der Waals surface area contributed by atoms with Crippen molar-refractivity contribution in [1.29, 1.82) is 0 Å². The first-order valence-corrected chi connectivity index (χ1v) is 11.2. The number of nitrogens with zero attached hydrogens (tertiary/aromatic N) is 2. The number of rotatable bonds is 6. The first-order chi connectivity index (χ1) is 14.4. The number of Topliss-reactive ketones (excluding diaryl/α,β-unsaturated/α-hetero) is 1. The molecule has 1 aliphatic heterocycles. The molecule has 2 unspecified atom stereocenters. The van der Waals surface area contributed by atoms with E-state index in [9.17, 15) is 9.59 Å². The predicted octanol–water partition coefficient (Wildman–Crippen LogP) is 4.56. The normalized spacial score (nSPS) is 17.4. The Hall–Kier alpha value is -2.44. The van der Waals surface area contributed by atoms with Crippen molar-refractivity contribution in [2.24, 2.45) is 0 Å². The average Bonchev–Trinajstić information content (AvgIpc) is 3.25. The lowest BCUT2D eigenvalue weighted by Gasteiger charge is -2.18. The van der Waals surface area contributed by atoms with E-state index in [0.29, 0.717) is 28.2 Å². The van der Waals surface area contributed by atoms with Crippen LogP contribution in [0, 0.1) is 13.8 Å². The van der Waals surface area contributed by atoms with Crippen LogP contribution in [0.1, 0.15) is 41.3 Å². The molecule has 0 radical (unpaired) electrons. The van der Waals surface area contributed by atoms with Crippen LogP contribution in [0.5, 0.6) is 0 Å². The van der Waals surface area contributed by atoms with E-state index in [0.717, 1.165) is 30.6 Å². The summed E-state index contributed by atoms with van der Waals surface area (Å²) in [6.45, 7) is 7.10. The van der Waals surface area contributed by atoms with Crippen molar-refractivity contribution in [3.05, 3.63) is 69.5 Å². The molecule has 6 heteroatoms. The predicted molar refractivity (Wildman–Crippen MR) is 121 cm³/mol. The van der Waals surface area contributed by atoms with Gasteiger partial charge in [-0.3, -0.25) is 14.2 Å². The van der Waals surface area contributed by atoms with E-state index in [4.69, 9.17) is 9.72 Å². The molecule has 5 nitrogen and oxygen atoms in total. The highest BCUT2D eigenvalue weighted by molar-refractivity contribution is 8.00. The van der Waals surface area contributed by atoms with Gasteiger partial charge in [-0.2, -0.15) is 0 Å². The van der Waals surface area contributed by atoms with Crippen LogP contribution in [0.3, 0.4) is 0 Å². The first-order valence-electron chi connectivity index (χ1n) is 10.3. The van der Waals surface area contributed by atoms with Crippen molar-refractivity contribution in [2.45, 2.75) is 56.7 Å². The quantitative estimate of drug-likeness (QED) is 0.331. The van der Waals surface area contributed by atoms with E-state index in [1.807, 2.05) is 57.2 Å². The fourth-order valence-electron chi connectivity index (χ4n) is 3.73. The summed E-state index contributed by atoms with van der Waals surface area (Å²) in [7, 11) is 0. The topological polar surface area (TPSA) is 61.2 Å². The third-order valence-electron chi connectivity index (χ3n) is 5.68. The van der Waals surface area contributed by atoms with Crippen LogP contribution >= 0.6 is 11.8 Å². The highest BCUT2D eigenvalue weighted by atomic mass is 32.2. The van der Waals surface area contributed by atoms with Crippen molar-refractivity contribution in [3.8, 4) is 0 Å². The first kappa shape index (κ1) is 20.8. The summed E-state index contributed by atoms with van der Waals surface area (Å²) in [5.74, 6) is 0.0363. The SMILES string of the molecule is Cc1ccc(C(=O)C(C)Sc2nc3ccccc3c(=O)n2CC2CCCO2)cc1C. The number of para-hydroxylation sites is 1. The van der Waals surface area contributed by atoms with Crippen LogP contribution in [-0.2, 0) is 11.3 Å². The third-order valence-corrected chi connectivity index (χ3v) is 6.77. The lowest BCUT2D eigenvalue weighted by molar-refractivity contribution is 0.0937. The molecule has 30 heavy (non-hydrogen) atoms. The number of carbonyl (C=O) groups excluding carboxylic acids is 1. The van der Waals surface area contributed by atoms with Gasteiger partial charge in [0.2, 0.25) is 0 Å². The fraction of sp³-hybridized carbons (Fsp3) is 0.375. The van der Waals surface area contributed by atoms with Crippen molar-refractivity contribution in [3.63, 3.8) is 0 Å². The molecule has 0 saturated carbocycles. The number of hydrogen-bond donors (Lipinski definition) is 0. The number of carbonyl (C=O) groups is 1. The minimum absolute atomic E-state index is 0.00997. The van der Waals surface area contributed by atoms with Crippen LogP contribution < -0.4 is 5.56 Å². The fourth-order valence-corrected chi connectivity index (χ4v) is 4.73. The van der Waals surface area contributed by atoms with Gasteiger partial charge >= 0.3 is 0 Å². The van der Waals surface area contributed by atoms with Gasteiger partial charge < -0.3 is 4.74 Å². The summed E-state index contributed by atoms with van der Waals surface area (Å²) >= 11 is 1.34. The zero-order chi connectivity index (χ0) is 21.3. The molecule has 0 bridgehead atoms. The largest absolute Gasteiger partial charge is 0.376 e. The second-order valence-corrected chi connectivity index (χ2v) is 9.19. The zero-order valence-electron chi connectivity index (χ0n) is 17.6. The molecule has 1 saturated heterocycles. The van der Waals surface area contributed by atoms with Crippen molar-refractivity contribution in [1.82, 2.24) is 9.55 Å². The minimum atomic E-state index is -0.365. The molecule has 0 spiro atoms. The van der Waals surface area contributed by atoms with Gasteiger partial charge in [-0.15, -0.1) is 0 Å². The number of fused-ring (bicyclic) bond motifs is 1. The van der Waals surface area contributed by atoms with Crippen molar-refractivity contribution < 1.29 is 9.53 Å². The molecule has 2 atom stereocenters. The maximum atomic E-state index is 13.2. The van der Waals surface area contributed by atoms with E-state index < -0.39 is 0 Å². The molecular formula is C24H26N2O3S. The average molecular weight is 423 g/mol. The minimum Gasteiger partial charge on any atom is -0.376 e. The Morgan fingerprint density at radius 3 is 2.77 bits per heavy atom. The van der Waals surface area contributed by atoms with Crippen LogP contribution in [0.4, 0.5) is 0 Å². The Balaban J connectivity index is 1.68. The number of hydrogen-bond acceptors (Lipinski definition) is 5. The van der Waals surface area contributed by atoms with Gasteiger partial charge in [-0.1, -0.05) is 36.0 Å². The van der Waals surface area contributed by atoms with E-state index in [-0.39, 0.29) is 22.7 Å². The second kappa shape index (κ2) is 8.74. The van der Waals surface area contributed by atoms with Crippen LogP contribution in [0.15, 0.2) is 52.4 Å². The molecule has 156 valence electrons.